The minimum absolute atomic E-state index is 0.487. The summed E-state index contributed by atoms with van der Waals surface area (Å²) in [6, 6.07) is 11.7. The Hall–Kier alpha value is -0.470. The molecule has 0 radical (unpaired) electrons. The second kappa shape index (κ2) is 4.90. The van der Waals surface area contributed by atoms with Crippen LogP contribution in [0.5, 0.6) is 0 Å². The molecule has 2 unspecified atom stereocenters. The second-order valence-electron chi connectivity index (χ2n) is 6.33. The first kappa shape index (κ1) is 12.6. The van der Waals surface area contributed by atoms with Gasteiger partial charge in [0, 0.05) is 16.2 Å². The molecule has 1 nitrogen and oxygen atoms in total. The van der Waals surface area contributed by atoms with Crippen LogP contribution in [0.4, 0.5) is 0 Å². The highest BCUT2D eigenvalue weighted by molar-refractivity contribution is 8.00. The molecule has 2 heterocycles. The van der Waals surface area contributed by atoms with Crippen molar-refractivity contribution in [1.82, 2.24) is 4.90 Å². The number of piperidine rings is 1. The zero-order chi connectivity index (χ0) is 12.6. The molecule has 0 aliphatic carbocycles. The molecule has 2 atom stereocenters. The molecule has 2 saturated heterocycles. The summed E-state index contributed by atoms with van der Waals surface area (Å²) >= 11 is 2.10. The van der Waals surface area contributed by atoms with Crippen LogP contribution < -0.4 is 0 Å². The number of benzene rings is 1. The zero-order valence-corrected chi connectivity index (χ0v) is 12.2. The van der Waals surface area contributed by atoms with Gasteiger partial charge in [-0.2, -0.15) is 0 Å². The molecule has 2 aliphatic rings. The van der Waals surface area contributed by atoms with Crippen LogP contribution in [0.25, 0.3) is 0 Å². The van der Waals surface area contributed by atoms with Crippen LogP contribution in [-0.4, -0.2) is 29.3 Å². The number of nitrogens with zero attached hydrogens (tertiary/aromatic N) is 1. The first-order chi connectivity index (χ1) is 8.67. The molecular formula is C16H23NS. The average molecular weight is 261 g/mol. The lowest BCUT2D eigenvalue weighted by atomic mass is 9.76. The molecule has 1 aromatic carbocycles. The standard InChI is InChI=1S/C16H23NS/c1-16(2)10-6-11-17-12-9-14(15(16)17)18-13-7-4-3-5-8-13/h3-5,7-8,14-15H,6,9-12H2,1-2H3. The lowest BCUT2D eigenvalue weighted by molar-refractivity contribution is 0.0737. The fraction of sp³-hybridized carbons (Fsp3) is 0.625. The van der Waals surface area contributed by atoms with Crippen molar-refractivity contribution in [3.8, 4) is 0 Å². The van der Waals surface area contributed by atoms with Crippen molar-refractivity contribution >= 4 is 11.8 Å². The first-order valence-electron chi connectivity index (χ1n) is 7.12. The number of hydrogen-bond acceptors (Lipinski definition) is 2. The van der Waals surface area contributed by atoms with Crippen molar-refractivity contribution in [2.75, 3.05) is 13.1 Å². The van der Waals surface area contributed by atoms with Gasteiger partial charge in [-0.05, 0) is 49.9 Å². The Labute approximate surface area is 115 Å². The highest BCUT2D eigenvalue weighted by Crippen LogP contribution is 2.46. The largest absolute Gasteiger partial charge is 0.299 e. The summed E-state index contributed by atoms with van der Waals surface area (Å²) in [6.07, 6.45) is 4.12. The van der Waals surface area contributed by atoms with E-state index >= 15 is 0 Å². The van der Waals surface area contributed by atoms with Crippen molar-refractivity contribution in [3.05, 3.63) is 30.3 Å². The van der Waals surface area contributed by atoms with Crippen molar-refractivity contribution in [2.45, 2.75) is 49.3 Å². The van der Waals surface area contributed by atoms with Crippen LogP contribution in [0.15, 0.2) is 35.2 Å². The molecule has 0 N–H and O–H groups in total. The van der Waals surface area contributed by atoms with Gasteiger partial charge in [0.15, 0.2) is 0 Å². The summed E-state index contributed by atoms with van der Waals surface area (Å²) in [5.41, 5.74) is 0.487. The monoisotopic (exact) mass is 261 g/mol. The van der Waals surface area contributed by atoms with Crippen LogP contribution in [0.1, 0.15) is 33.1 Å². The van der Waals surface area contributed by atoms with E-state index in [2.05, 4.69) is 60.8 Å². The van der Waals surface area contributed by atoms with Crippen molar-refractivity contribution < 1.29 is 0 Å². The van der Waals surface area contributed by atoms with E-state index in [0.29, 0.717) is 5.41 Å². The quantitative estimate of drug-likeness (QED) is 0.790. The van der Waals surface area contributed by atoms with E-state index in [1.165, 1.54) is 37.2 Å². The second-order valence-corrected chi connectivity index (χ2v) is 7.64. The van der Waals surface area contributed by atoms with E-state index in [4.69, 9.17) is 0 Å². The van der Waals surface area contributed by atoms with Crippen molar-refractivity contribution in [1.29, 1.82) is 0 Å². The lowest BCUT2D eigenvalue weighted by Gasteiger charge is -2.45. The van der Waals surface area contributed by atoms with Gasteiger partial charge in [0.2, 0.25) is 0 Å². The maximum atomic E-state index is 2.74. The first-order valence-corrected chi connectivity index (χ1v) is 8.00. The third-order valence-electron chi connectivity index (χ3n) is 4.54. The van der Waals surface area contributed by atoms with Gasteiger partial charge in [0.05, 0.1) is 0 Å². The van der Waals surface area contributed by atoms with Crippen LogP contribution in [0.3, 0.4) is 0 Å². The SMILES string of the molecule is CC1(C)CCCN2CCC(Sc3ccccc3)C21. The average Bonchev–Trinajstić information content (AvgIpc) is 2.75. The molecule has 3 rings (SSSR count). The summed E-state index contributed by atoms with van der Waals surface area (Å²) in [4.78, 5) is 4.18. The zero-order valence-electron chi connectivity index (χ0n) is 11.4. The summed E-state index contributed by atoms with van der Waals surface area (Å²) in [5.74, 6) is 0. The smallest absolute Gasteiger partial charge is 0.0269 e. The molecule has 1 aromatic rings. The van der Waals surface area contributed by atoms with Crippen molar-refractivity contribution in [2.24, 2.45) is 5.41 Å². The molecular weight excluding hydrogens is 238 g/mol. The van der Waals surface area contributed by atoms with Gasteiger partial charge in [0.25, 0.3) is 0 Å². The number of hydrogen-bond donors (Lipinski definition) is 0. The van der Waals surface area contributed by atoms with E-state index < -0.39 is 0 Å². The molecule has 0 amide bonds. The topological polar surface area (TPSA) is 3.24 Å². The van der Waals surface area contributed by atoms with Gasteiger partial charge in [-0.15, -0.1) is 11.8 Å². The predicted octanol–water partition coefficient (Wildman–Crippen LogP) is 4.04. The Morgan fingerprint density at radius 1 is 1.17 bits per heavy atom. The normalized spacial score (nSPS) is 31.2. The van der Waals surface area contributed by atoms with Gasteiger partial charge in [-0.25, -0.2) is 0 Å². The van der Waals surface area contributed by atoms with Crippen LogP contribution in [0.2, 0.25) is 0 Å². The molecule has 2 heteroatoms. The molecule has 0 spiro atoms. The minimum Gasteiger partial charge on any atom is -0.299 e. The lowest BCUT2D eigenvalue weighted by Crippen LogP contribution is -2.49. The molecule has 2 fully saturated rings. The molecule has 18 heavy (non-hydrogen) atoms. The van der Waals surface area contributed by atoms with Crippen LogP contribution in [0, 0.1) is 5.41 Å². The predicted molar refractivity (Wildman–Crippen MR) is 79.1 cm³/mol. The van der Waals surface area contributed by atoms with Crippen molar-refractivity contribution in [3.63, 3.8) is 0 Å². The Balaban J connectivity index is 1.77. The number of fused-ring (bicyclic) bond motifs is 1. The fourth-order valence-corrected chi connectivity index (χ4v) is 5.31. The molecule has 0 saturated carbocycles. The number of thioether (sulfide) groups is 1. The number of rotatable bonds is 2. The van der Waals surface area contributed by atoms with E-state index in [0.717, 1.165) is 11.3 Å². The summed E-state index contributed by atoms with van der Waals surface area (Å²) < 4.78 is 0. The van der Waals surface area contributed by atoms with E-state index in [1.807, 2.05) is 0 Å². The maximum absolute atomic E-state index is 2.74. The highest BCUT2D eigenvalue weighted by atomic mass is 32.2. The van der Waals surface area contributed by atoms with E-state index in [9.17, 15) is 0 Å². The van der Waals surface area contributed by atoms with Gasteiger partial charge in [-0.3, -0.25) is 4.90 Å². The van der Waals surface area contributed by atoms with Gasteiger partial charge < -0.3 is 0 Å². The van der Waals surface area contributed by atoms with E-state index in [1.54, 1.807) is 0 Å². The van der Waals surface area contributed by atoms with Crippen LogP contribution in [-0.2, 0) is 0 Å². The maximum Gasteiger partial charge on any atom is 0.0269 e. The fourth-order valence-electron chi connectivity index (χ4n) is 3.76. The summed E-state index contributed by atoms with van der Waals surface area (Å²) in [5, 5.41) is 0.780. The Morgan fingerprint density at radius 3 is 2.72 bits per heavy atom. The summed E-state index contributed by atoms with van der Waals surface area (Å²) in [6.45, 7) is 7.56. The molecule has 0 bridgehead atoms. The molecule has 2 aliphatic heterocycles. The third-order valence-corrected chi connectivity index (χ3v) is 5.88. The summed E-state index contributed by atoms with van der Waals surface area (Å²) in [7, 11) is 0. The van der Waals surface area contributed by atoms with Gasteiger partial charge in [0.1, 0.15) is 0 Å². The van der Waals surface area contributed by atoms with E-state index in [-0.39, 0.29) is 0 Å². The van der Waals surface area contributed by atoms with Crippen LogP contribution >= 0.6 is 11.8 Å². The molecule has 98 valence electrons. The Bertz CT molecular complexity index is 401. The Kier molecular flexibility index (Phi) is 3.42. The highest BCUT2D eigenvalue weighted by Gasteiger charge is 2.46. The van der Waals surface area contributed by atoms with Gasteiger partial charge in [-0.1, -0.05) is 32.0 Å². The van der Waals surface area contributed by atoms with Gasteiger partial charge >= 0.3 is 0 Å². The minimum atomic E-state index is 0.487. The third kappa shape index (κ3) is 2.33. The molecule has 0 aromatic heterocycles. The Morgan fingerprint density at radius 2 is 1.94 bits per heavy atom.